The largest absolute Gasteiger partial charge is 0.326 e. The average molecular weight is 437 g/mol. The number of nitrogens with zero attached hydrogens (tertiary/aromatic N) is 2. The molecule has 0 aliphatic carbocycles. The summed E-state index contributed by atoms with van der Waals surface area (Å²) in [5.74, 6) is -0.715. The minimum absolute atomic E-state index is 0.252. The van der Waals surface area contributed by atoms with E-state index in [9.17, 15) is 9.59 Å². The van der Waals surface area contributed by atoms with Crippen LogP contribution in [-0.2, 0) is 22.4 Å². The summed E-state index contributed by atoms with van der Waals surface area (Å²) in [5.41, 5.74) is 5.92. The first-order chi connectivity index (χ1) is 16.1. The Balaban J connectivity index is 1.24. The van der Waals surface area contributed by atoms with Crippen molar-refractivity contribution in [2.75, 3.05) is 10.6 Å². The van der Waals surface area contributed by atoms with Gasteiger partial charge in [0, 0.05) is 36.2 Å². The van der Waals surface area contributed by atoms with E-state index in [1.54, 1.807) is 24.8 Å². The number of carbonyl (C=O) groups is 2. The molecule has 0 bridgehead atoms. The predicted molar refractivity (Wildman–Crippen MR) is 129 cm³/mol. The Morgan fingerprint density at radius 2 is 0.848 bits per heavy atom. The maximum absolute atomic E-state index is 12.3. The van der Waals surface area contributed by atoms with Crippen molar-refractivity contribution in [2.24, 2.45) is 0 Å². The first kappa shape index (κ1) is 21.9. The number of hydrogen-bond donors (Lipinski definition) is 2. The third-order valence-corrected chi connectivity index (χ3v) is 5.11. The zero-order chi connectivity index (χ0) is 22.9. The fourth-order valence-electron chi connectivity index (χ4n) is 3.44. The van der Waals surface area contributed by atoms with Crippen LogP contribution in [0.25, 0.3) is 0 Å². The third-order valence-electron chi connectivity index (χ3n) is 5.11. The summed E-state index contributed by atoms with van der Waals surface area (Å²) in [4.78, 5) is 32.6. The van der Waals surface area contributed by atoms with E-state index in [-0.39, 0.29) is 18.2 Å². The summed E-state index contributed by atoms with van der Waals surface area (Å²) >= 11 is 0. The number of pyridine rings is 2. The van der Waals surface area contributed by atoms with Gasteiger partial charge in [0.25, 0.3) is 0 Å². The van der Waals surface area contributed by atoms with Crippen molar-refractivity contribution in [1.29, 1.82) is 0 Å². The molecule has 6 heteroatoms. The van der Waals surface area contributed by atoms with Crippen molar-refractivity contribution < 1.29 is 9.59 Å². The monoisotopic (exact) mass is 436 g/mol. The van der Waals surface area contributed by atoms with Gasteiger partial charge >= 0.3 is 0 Å². The van der Waals surface area contributed by atoms with Gasteiger partial charge in [0.2, 0.25) is 11.8 Å². The zero-order valence-corrected chi connectivity index (χ0v) is 18.1. The van der Waals surface area contributed by atoms with Crippen molar-refractivity contribution in [1.82, 2.24) is 9.97 Å². The molecule has 0 fully saturated rings. The van der Waals surface area contributed by atoms with Crippen LogP contribution in [0.4, 0.5) is 11.4 Å². The van der Waals surface area contributed by atoms with Crippen molar-refractivity contribution in [3.63, 3.8) is 0 Å². The van der Waals surface area contributed by atoms with Crippen LogP contribution in [0.5, 0.6) is 0 Å². The van der Waals surface area contributed by atoms with E-state index >= 15 is 0 Å². The lowest BCUT2D eigenvalue weighted by Gasteiger charge is -2.09. The molecular weight excluding hydrogens is 412 g/mol. The van der Waals surface area contributed by atoms with Gasteiger partial charge in [-0.1, -0.05) is 24.3 Å². The second kappa shape index (κ2) is 10.8. The lowest BCUT2D eigenvalue weighted by Crippen LogP contribution is -2.21. The molecule has 0 aliphatic heterocycles. The molecule has 4 rings (SSSR count). The van der Waals surface area contributed by atoms with E-state index in [0.29, 0.717) is 11.4 Å². The van der Waals surface area contributed by atoms with Gasteiger partial charge in [-0.05, 0) is 83.6 Å². The first-order valence-electron chi connectivity index (χ1n) is 10.7. The number of anilines is 2. The van der Waals surface area contributed by atoms with Crippen LogP contribution in [0.3, 0.4) is 0 Å². The normalized spacial score (nSPS) is 10.4. The lowest BCUT2D eigenvalue weighted by atomic mass is 10.1. The van der Waals surface area contributed by atoms with Gasteiger partial charge in [-0.25, -0.2) is 0 Å². The Morgan fingerprint density at radius 3 is 1.21 bits per heavy atom. The van der Waals surface area contributed by atoms with Gasteiger partial charge in [-0.15, -0.1) is 0 Å². The molecule has 2 heterocycles. The van der Waals surface area contributed by atoms with E-state index in [0.717, 1.165) is 24.0 Å². The fraction of sp³-hybridized carbons (Fsp3) is 0.111. The Bertz CT molecular complexity index is 1100. The van der Waals surface area contributed by atoms with Crippen molar-refractivity contribution >= 4 is 23.2 Å². The zero-order valence-electron chi connectivity index (χ0n) is 18.1. The van der Waals surface area contributed by atoms with Crippen LogP contribution in [-0.4, -0.2) is 21.8 Å². The summed E-state index contributed by atoms with van der Waals surface area (Å²) in [6, 6.07) is 23.1. The van der Waals surface area contributed by atoms with Crippen LogP contribution in [0.1, 0.15) is 28.7 Å². The van der Waals surface area contributed by atoms with Crippen molar-refractivity contribution in [3.8, 4) is 0 Å². The molecule has 0 saturated carbocycles. The average Bonchev–Trinajstić information content (AvgIpc) is 2.83. The quantitative estimate of drug-likeness (QED) is 0.395. The molecule has 2 amide bonds. The molecule has 2 aromatic heterocycles. The van der Waals surface area contributed by atoms with Crippen LogP contribution >= 0.6 is 0 Å². The van der Waals surface area contributed by atoms with Crippen molar-refractivity contribution in [3.05, 3.63) is 120 Å². The van der Waals surface area contributed by atoms with Gasteiger partial charge in [0.15, 0.2) is 0 Å². The van der Waals surface area contributed by atoms with Crippen LogP contribution in [0.2, 0.25) is 0 Å². The van der Waals surface area contributed by atoms with E-state index in [1.165, 1.54) is 11.1 Å². The molecule has 2 N–H and O–H groups in total. The summed E-state index contributed by atoms with van der Waals surface area (Å²) in [6.45, 7) is 0. The third kappa shape index (κ3) is 6.83. The van der Waals surface area contributed by atoms with E-state index in [2.05, 4.69) is 20.6 Å². The molecule has 0 spiro atoms. The molecule has 0 aliphatic rings. The highest BCUT2D eigenvalue weighted by atomic mass is 16.2. The summed E-state index contributed by atoms with van der Waals surface area (Å²) in [7, 11) is 0. The number of aromatic nitrogens is 2. The standard InChI is InChI=1S/C27H24N4O2/c32-26(30-24-5-1-20(2-6-24)17-22-9-13-28-14-10-22)19-27(33)31-25-7-3-21(4-8-25)18-23-11-15-29-16-12-23/h1-16H,17-19H2,(H,30,32)(H,31,33). The SMILES string of the molecule is O=C(CC(=O)Nc1ccc(Cc2ccncc2)cc1)Nc1ccc(Cc2ccncc2)cc1. The van der Waals surface area contributed by atoms with Crippen LogP contribution in [0.15, 0.2) is 97.6 Å². The van der Waals surface area contributed by atoms with E-state index < -0.39 is 0 Å². The molecule has 0 atom stereocenters. The summed E-state index contributed by atoms with van der Waals surface area (Å²) in [5, 5.41) is 5.54. The minimum Gasteiger partial charge on any atom is -0.326 e. The predicted octanol–water partition coefficient (Wildman–Crippen LogP) is 4.63. The van der Waals surface area contributed by atoms with Gasteiger partial charge in [-0.2, -0.15) is 0 Å². The smallest absolute Gasteiger partial charge is 0.233 e. The highest BCUT2D eigenvalue weighted by Crippen LogP contribution is 2.15. The fourth-order valence-corrected chi connectivity index (χ4v) is 3.44. The van der Waals surface area contributed by atoms with Gasteiger partial charge in [-0.3, -0.25) is 19.6 Å². The van der Waals surface area contributed by atoms with Crippen molar-refractivity contribution in [2.45, 2.75) is 19.3 Å². The Labute approximate surface area is 192 Å². The second-order valence-corrected chi connectivity index (χ2v) is 7.73. The summed E-state index contributed by atoms with van der Waals surface area (Å²) in [6.07, 6.45) is 8.41. The Hall–Kier alpha value is -4.32. The summed E-state index contributed by atoms with van der Waals surface area (Å²) < 4.78 is 0. The highest BCUT2D eigenvalue weighted by molar-refractivity contribution is 6.08. The minimum atomic E-state index is -0.358. The van der Waals surface area contributed by atoms with E-state index in [4.69, 9.17) is 0 Å². The number of rotatable bonds is 8. The molecule has 164 valence electrons. The topological polar surface area (TPSA) is 84.0 Å². The number of amides is 2. The first-order valence-corrected chi connectivity index (χ1v) is 10.7. The second-order valence-electron chi connectivity index (χ2n) is 7.73. The molecule has 6 nitrogen and oxygen atoms in total. The number of carbonyl (C=O) groups excluding carboxylic acids is 2. The molecule has 2 aromatic carbocycles. The van der Waals surface area contributed by atoms with Crippen LogP contribution in [0, 0.1) is 0 Å². The molecule has 0 unspecified atom stereocenters. The Kier molecular flexibility index (Phi) is 7.18. The van der Waals surface area contributed by atoms with Gasteiger partial charge in [0.05, 0.1) is 0 Å². The maximum Gasteiger partial charge on any atom is 0.233 e. The molecule has 33 heavy (non-hydrogen) atoms. The number of hydrogen-bond acceptors (Lipinski definition) is 4. The number of benzene rings is 2. The number of nitrogens with one attached hydrogen (secondary N) is 2. The van der Waals surface area contributed by atoms with E-state index in [1.807, 2.05) is 72.8 Å². The van der Waals surface area contributed by atoms with Gasteiger partial charge < -0.3 is 10.6 Å². The molecular formula is C27H24N4O2. The molecule has 4 aromatic rings. The molecule has 0 radical (unpaired) electrons. The molecule has 0 saturated heterocycles. The maximum atomic E-state index is 12.3. The Morgan fingerprint density at radius 1 is 0.515 bits per heavy atom. The van der Waals surface area contributed by atoms with Gasteiger partial charge in [0.1, 0.15) is 6.42 Å². The van der Waals surface area contributed by atoms with Crippen LogP contribution < -0.4 is 10.6 Å². The lowest BCUT2D eigenvalue weighted by molar-refractivity contribution is -0.123. The highest BCUT2D eigenvalue weighted by Gasteiger charge is 2.10.